The minimum absolute atomic E-state index is 0.510. The Bertz CT molecular complexity index is 846. The molecule has 0 aliphatic rings. The second-order valence-electron chi connectivity index (χ2n) is 5.28. The van der Waals surface area contributed by atoms with E-state index in [9.17, 15) is 0 Å². The zero-order valence-electron chi connectivity index (χ0n) is 13.7. The van der Waals surface area contributed by atoms with Gasteiger partial charge in [0.05, 0.1) is 20.8 Å². The highest BCUT2D eigenvalue weighted by molar-refractivity contribution is 9.10. The number of halogens is 1. The molecule has 0 unspecified atom stereocenters. The highest BCUT2D eigenvalue weighted by Gasteiger charge is 2.11. The summed E-state index contributed by atoms with van der Waals surface area (Å²) >= 11 is 3.42. The topological polar surface area (TPSA) is 62.1 Å². The van der Waals surface area contributed by atoms with E-state index in [4.69, 9.17) is 9.47 Å². The fourth-order valence-electron chi connectivity index (χ4n) is 2.37. The number of methoxy groups -OCH3 is 2. The molecular formula is C17H17BrN4O2. The van der Waals surface area contributed by atoms with Gasteiger partial charge < -0.3 is 9.47 Å². The van der Waals surface area contributed by atoms with E-state index in [1.54, 1.807) is 19.0 Å². The first kappa shape index (κ1) is 16.4. The average molecular weight is 389 g/mol. The Morgan fingerprint density at radius 2 is 1.71 bits per heavy atom. The predicted octanol–water partition coefficient (Wildman–Crippen LogP) is 3.48. The Labute approximate surface area is 148 Å². The molecule has 0 spiro atoms. The van der Waals surface area contributed by atoms with Gasteiger partial charge in [-0.3, -0.25) is 0 Å². The van der Waals surface area contributed by atoms with Crippen LogP contribution in [0.1, 0.15) is 11.1 Å². The Hall–Kier alpha value is -2.41. The molecule has 124 valence electrons. The average Bonchev–Trinajstić information content (AvgIpc) is 3.05. The first-order chi connectivity index (χ1) is 11.6. The molecule has 0 atom stereocenters. The largest absolute Gasteiger partial charge is 0.493 e. The summed E-state index contributed by atoms with van der Waals surface area (Å²) in [5, 5.41) is 12.7. The minimum Gasteiger partial charge on any atom is -0.493 e. The quantitative estimate of drug-likeness (QED) is 0.669. The van der Waals surface area contributed by atoms with Crippen LogP contribution in [0.5, 0.6) is 11.5 Å². The molecule has 6 nitrogen and oxygen atoms in total. The van der Waals surface area contributed by atoms with Gasteiger partial charge in [0.1, 0.15) is 0 Å². The van der Waals surface area contributed by atoms with Gasteiger partial charge >= 0.3 is 0 Å². The lowest BCUT2D eigenvalue weighted by molar-refractivity contribution is 0.354. The third kappa shape index (κ3) is 3.41. The summed E-state index contributed by atoms with van der Waals surface area (Å²) < 4.78 is 11.7. The maximum atomic E-state index is 5.36. The first-order valence-electron chi connectivity index (χ1n) is 7.36. The van der Waals surface area contributed by atoms with E-state index in [1.807, 2.05) is 43.3 Å². The van der Waals surface area contributed by atoms with Gasteiger partial charge in [-0.15, -0.1) is 10.2 Å². The highest BCUT2D eigenvalue weighted by atomic mass is 79.9. The Morgan fingerprint density at radius 1 is 1.04 bits per heavy atom. The van der Waals surface area contributed by atoms with Crippen molar-refractivity contribution >= 4 is 15.9 Å². The highest BCUT2D eigenvalue weighted by Crippen LogP contribution is 2.30. The number of ether oxygens (including phenoxy) is 2. The zero-order chi connectivity index (χ0) is 17.1. The van der Waals surface area contributed by atoms with E-state index >= 15 is 0 Å². The molecule has 0 aliphatic carbocycles. The summed E-state index contributed by atoms with van der Waals surface area (Å²) in [6.45, 7) is 2.53. The fraction of sp³-hybridized carbons (Fsp3) is 0.235. The third-order valence-corrected chi connectivity index (χ3v) is 4.24. The first-order valence-corrected chi connectivity index (χ1v) is 8.15. The Balaban J connectivity index is 1.86. The zero-order valence-corrected chi connectivity index (χ0v) is 15.2. The lowest BCUT2D eigenvalue weighted by atomic mass is 10.1. The molecule has 7 heteroatoms. The summed E-state index contributed by atoms with van der Waals surface area (Å²) in [6, 6.07) is 11.7. The number of benzene rings is 2. The molecule has 0 radical (unpaired) electrons. The molecule has 0 amide bonds. The van der Waals surface area contributed by atoms with Crippen LogP contribution in [-0.2, 0) is 6.54 Å². The lowest BCUT2D eigenvalue weighted by Gasteiger charge is -2.12. The van der Waals surface area contributed by atoms with Crippen molar-refractivity contribution in [1.82, 2.24) is 20.2 Å². The van der Waals surface area contributed by atoms with E-state index < -0.39 is 0 Å². The lowest BCUT2D eigenvalue weighted by Crippen LogP contribution is -2.06. The van der Waals surface area contributed by atoms with Crippen LogP contribution in [0.15, 0.2) is 40.9 Å². The standard InChI is InChI=1S/C17H17BrN4O2/c1-11-8-15(23-2)16(24-3)9-13(11)10-22-20-17(19-21-22)12-4-6-14(18)7-5-12/h4-9H,10H2,1-3H3. The van der Waals surface area contributed by atoms with Crippen molar-refractivity contribution in [2.45, 2.75) is 13.5 Å². The third-order valence-electron chi connectivity index (χ3n) is 3.71. The molecule has 2 aromatic carbocycles. The number of aromatic nitrogens is 4. The summed E-state index contributed by atoms with van der Waals surface area (Å²) in [7, 11) is 3.25. The van der Waals surface area contributed by atoms with E-state index in [2.05, 4.69) is 31.3 Å². The van der Waals surface area contributed by atoms with Gasteiger partial charge in [-0.25, -0.2) is 0 Å². The van der Waals surface area contributed by atoms with Crippen LogP contribution >= 0.6 is 15.9 Å². The molecule has 0 fully saturated rings. The van der Waals surface area contributed by atoms with Crippen LogP contribution in [0.4, 0.5) is 0 Å². The maximum Gasteiger partial charge on any atom is 0.204 e. The van der Waals surface area contributed by atoms with Crippen molar-refractivity contribution in [3.8, 4) is 22.9 Å². The van der Waals surface area contributed by atoms with Gasteiger partial charge in [0.2, 0.25) is 5.82 Å². The van der Waals surface area contributed by atoms with Gasteiger partial charge in [0, 0.05) is 10.0 Å². The van der Waals surface area contributed by atoms with Gasteiger partial charge in [-0.2, -0.15) is 4.80 Å². The van der Waals surface area contributed by atoms with E-state index in [-0.39, 0.29) is 0 Å². The molecular weight excluding hydrogens is 372 g/mol. The van der Waals surface area contributed by atoms with Crippen LogP contribution in [0.2, 0.25) is 0 Å². The van der Waals surface area contributed by atoms with Crippen molar-refractivity contribution in [3.63, 3.8) is 0 Å². The molecule has 0 aliphatic heterocycles. The summed E-state index contributed by atoms with van der Waals surface area (Å²) in [5.74, 6) is 1.99. The molecule has 3 rings (SSSR count). The Morgan fingerprint density at radius 3 is 2.38 bits per heavy atom. The predicted molar refractivity (Wildman–Crippen MR) is 94.3 cm³/mol. The fourth-order valence-corrected chi connectivity index (χ4v) is 2.63. The van der Waals surface area contributed by atoms with Crippen molar-refractivity contribution in [2.75, 3.05) is 14.2 Å². The van der Waals surface area contributed by atoms with Crippen molar-refractivity contribution in [3.05, 3.63) is 52.0 Å². The monoisotopic (exact) mass is 388 g/mol. The molecule has 0 saturated heterocycles. The van der Waals surface area contributed by atoms with Gasteiger partial charge in [0.25, 0.3) is 0 Å². The number of hydrogen-bond acceptors (Lipinski definition) is 5. The summed E-state index contributed by atoms with van der Waals surface area (Å²) in [5.41, 5.74) is 3.05. The molecule has 3 aromatic rings. The number of tetrazole rings is 1. The van der Waals surface area contributed by atoms with Crippen molar-refractivity contribution < 1.29 is 9.47 Å². The number of rotatable bonds is 5. The molecule has 1 aromatic heterocycles. The molecule has 0 N–H and O–H groups in total. The van der Waals surface area contributed by atoms with Crippen LogP contribution in [0, 0.1) is 6.92 Å². The van der Waals surface area contributed by atoms with Crippen molar-refractivity contribution in [2.24, 2.45) is 0 Å². The second kappa shape index (κ2) is 7.00. The van der Waals surface area contributed by atoms with Crippen LogP contribution < -0.4 is 9.47 Å². The summed E-state index contributed by atoms with van der Waals surface area (Å²) in [6.07, 6.45) is 0. The van der Waals surface area contributed by atoms with Gasteiger partial charge in [-0.1, -0.05) is 15.9 Å². The number of aryl methyl sites for hydroxylation is 1. The van der Waals surface area contributed by atoms with Gasteiger partial charge in [0.15, 0.2) is 11.5 Å². The van der Waals surface area contributed by atoms with Crippen molar-refractivity contribution in [1.29, 1.82) is 0 Å². The smallest absolute Gasteiger partial charge is 0.204 e. The van der Waals surface area contributed by atoms with Crippen LogP contribution in [0.25, 0.3) is 11.4 Å². The second-order valence-corrected chi connectivity index (χ2v) is 6.20. The van der Waals surface area contributed by atoms with Crippen LogP contribution in [-0.4, -0.2) is 34.4 Å². The maximum absolute atomic E-state index is 5.36. The van der Waals surface area contributed by atoms with Gasteiger partial charge in [-0.05, 0) is 59.7 Å². The van der Waals surface area contributed by atoms with E-state index in [1.165, 1.54) is 0 Å². The normalized spacial score (nSPS) is 10.7. The van der Waals surface area contributed by atoms with E-state index in [0.29, 0.717) is 23.9 Å². The number of hydrogen-bond donors (Lipinski definition) is 0. The molecule has 0 bridgehead atoms. The molecule has 24 heavy (non-hydrogen) atoms. The molecule has 1 heterocycles. The minimum atomic E-state index is 0.510. The summed E-state index contributed by atoms with van der Waals surface area (Å²) in [4.78, 5) is 1.58. The molecule has 0 saturated carbocycles. The van der Waals surface area contributed by atoms with E-state index in [0.717, 1.165) is 21.2 Å². The number of nitrogens with zero attached hydrogens (tertiary/aromatic N) is 4. The Kier molecular flexibility index (Phi) is 4.80. The SMILES string of the molecule is COc1cc(C)c(Cn2nnc(-c3ccc(Br)cc3)n2)cc1OC. The van der Waals surface area contributed by atoms with Crippen LogP contribution in [0.3, 0.4) is 0 Å².